The number of carbonyl (C=O) groups is 2. The van der Waals surface area contributed by atoms with Crippen molar-refractivity contribution in [3.05, 3.63) is 29.8 Å². The fourth-order valence-electron chi connectivity index (χ4n) is 3.43. The molecule has 0 aliphatic carbocycles. The number of hydrogen-bond donors (Lipinski definition) is 1. The second-order valence-corrected chi connectivity index (χ2v) is 6.63. The van der Waals surface area contributed by atoms with E-state index in [2.05, 4.69) is 10.2 Å². The first kappa shape index (κ1) is 19.2. The number of nitrogens with zero attached hydrogens (tertiary/aromatic N) is 2. The van der Waals surface area contributed by atoms with Crippen molar-refractivity contribution >= 4 is 11.8 Å². The summed E-state index contributed by atoms with van der Waals surface area (Å²) in [7, 11) is 5.63. The van der Waals surface area contributed by atoms with E-state index in [0.29, 0.717) is 18.8 Å². The molecule has 1 fully saturated rings. The van der Waals surface area contributed by atoms with Crippen LogP contribution in [0.1, 0.15) is 31.4 Å². The maximum Gasteiger partial charge on any atom is 0.226 e. The standard InChI is InChI=1S/C19H29N3O3/c1-5-22-17(23)13-15(19(24)20-11-8-12-21(2)3)18(22)14-9-6-7-10-16(14)25-4/h6-7,9-10,15,18H,5,8,11-13H2,1-4H3,(H,20,24)/t15-,18+/m1/s1. The maximum atomic E-state index is 12.7. The molecule has 25 heavy (non-hydrogen) atoms. The van der Waals surface area contributed by atoms with Crippen LogP contribution in [0.3, 0.4) is 0 Å². The molecular weight excluding hydrogens is 318 g/mol. The van der Waals surface area contributed by atoms with Crippen molar-refractivity contribution in [1.82, 2.24) is 15.1 Å². The van der Waals surface area contributed by atoms with Crippen LogP contribution in [-0.2, 0) is 9.59 Å². The molecule has 2 rings (SSSR count). The van der Waals surface area contributed by atoms with Crippen LogP contribution in [0.4, 0.5) is 0 Å². The highest BCUT2D eigenvalue weighted by Gasteiger charge is 2.44. The lowest BCUT2D eigenvalue weighted by Gasteiger charge is -2.28. The predicted molar refractivity (Wildman–Crippen MR) is 97.4 cm³/mol. The number of likely N-dealkylation sites (tertiary alicyclic amines) is 1. The maximum absolute atomic E-state index is 12.7. The van der Waals surface area contributed by atoms with Crippen LogP contribution in [0.15, 0.2) is 24.3 Å². The second-order valence-electron chi connectivity index (χ2n) is 6.63. The normalized spacial score (nSPS) is 20.2. The molecule has 138 valence electrons. The molecule has 0 spiro atoms. The van der Waals surface area contributed by atoms with Crippen molar-refractivity contribution in [1.29, 1.82) is 0 Å². The van der Waals surface area contributed by atoms with E-state index in [1.165, 1.54) is 0 Å². The molecule has 6 nitrogen and oxygen atoms in total. The highest BCUT2D eigenvalue weighted by Crippen LogP contribution is 2.41. The number of methoxy groups -OCH3 is 1. The van der Waals surface area contributed by atoms with E-state index in [4.69, 9.17) is 4.74 Å². The summed E-state index contributed by atoms with van der Waals surface area (Å²) in [5, 5.41) is 3.00. The van der Waals surface area contributed by atoms with Crippen molar-refractivity contribution in [2.24, 2.45) is 5.92 Å². The number of carbonyl (C=O) groups excluding carboxylic acids is 2. The summed E-state index contributed by atoms with van der Waals surface area (Å²) in [6.07, 6.45) is 1.13. The first-order valence-electron chi connectivity index (χ1n) is 8.84. The van der Waals surface area contributed by atoms with Gasteiger partial charge in [0.1, 0.15) is 5.75 Å². The van der Waals surface area contributed by atoms with Crippen LogP contribution in [-0.4, -0.2) is 62.5 Å². The van der Waals surface area contributed by atoms with Gasteiger partial charge in [-0.2, -0.15) is 0 Å². The molecule has 0 unspecified atom stereocenters. The molecule has 1 aromatic carbocycles. The fraction of sp³-hybridized carbons (Fsp3) is 0.579. The van der Waals surface area contributed by atoms with Crippen LogP contribution in [0.5, 0.6) is 5.75 Å². The van der Waals surface area contributed by atoms with Crippen molar-refractivity contribution in [2.45, 2.75) is 25.8 Å². The lowest BCUT2D eigenvalue weighted by molar-refractivity contribution is -0.129. The third-order valence-electron chi connectivity index (χ3n) is 4.65. The Balaban J connectivity index is 2.17. The molecule has 0 saturated carbocycles. The molecule has 2 atom stereocenters. The van der Waals surface area contributed by atoms with Crippen LogP contribution in [0.2, 0.25) is 0 Å². The van der Waals surface area contributed by atoms with Gasteiger partial charge in [-0.05, 0) is 40.1 Å². The van der Waals surface area contributed by atoms with Gasteiger partial charge in [-0.25, -0.2) is 0 Å². The summed E-state index contributed by atoms with van der Waals surface area (Å²) >= 11 is 0. The van der Waals surface area contributed by atoms with Crippen LogP contribution in [0.25, 0.3) is 0 Å². The van der Waals surface area contributed by atoms with Gasteiger partial charge in [-0.3, -0.25) is 9.59 Å². The number of amides is 2. The molecule has 0 aromatic heterocycles. The average molecular weight is 347 g/mol. The number of ether oxygens (including phenoxy) is 1. The third-order valence-corrected chi connectivity index (χ3v) is 4.65. The third kappa shape index (κ3) is 4.51. The molecule has 1 aromatic rings. The van der Waals surface area contributed by atoms with Crippen LogP contribution >= 0.6 is 0 Å². The van der Waals surface area contributed by atoms with E-state index in [1.807, 2.05) is 45.3 Å². The smallest absolute Gasteiger partial charge is 0.226 e. The van der Waals surface area contributed by atoms with Gasteiger partial charge in [0.2, 0.25) is 11.8 Å². The minimum Gasteiger partial charge on any atom is -0.496 e. The first-order valence-corrected chi connectivity index (χ1v) is 8.84. The van der Waals surface area contributed by atoms with Gasteiger partial charge in [0.15, 0.2) is 0 Å². The van der Waals surface area contributed by atoms with Gasteiger partial charge in [0.05, 0.1) is 19.1 Å². The summed E-state index contributed by atoms with van der Waals surface area (Å²) in [5.74, 6) is 0.292. The monoisotopic (exact) mass is 347 g/mol. The number of para-hydroxylation sites is 1. The first-order chi connectivity index (χ1) is 12.0. The Morgan fingerprint density at radius 3 is 2.72 bits per heavy atom. The summed E-state index contributed by atoms with van der Waals surface area (Å²) < 4.78 is 5.46. The molecule has 0 bridgehead atoms. The van der Waals surface area contributed by atoms with Gasteiger partial charge in [0.25, 0.3) is 0 Å². The zero-order chi connectivity index (χ0) is 18.4. The lowest BCUT2D eigenvalue weighted by atomic mass is 9.92. The lowest BCUT2D eigenvalue weighted by Crippen LogP contribution is -2.36. The largest absolute Gasteiger partial charge is 0.496 e. The zero-order valence-corrected chi connectivity index (χ0v) is 15.6. The van der Waals surface area contributed by atoms with E-state index in [0.717, 1.165) is 18.5 Å². The van der Waals surface area contributed by atoms with Crippen molar-refractivity contribution in [3.8, 4) is 5.75 Å². The molecule has 6 heteroatoms. The van der Waals surface area contributed by atoms with Gasteiger partial charge >= 0.3 is 0 Å². The highest BCUT2D eigenvalue weighted by molar-refractivity contribution is 5.90. The minimum absolute atomic E-state index is 0.0202. The molecule has 2 amide bonds. The van der Waals surface area contributed by atoms with Crippen molar-refractivity contribution in [3.63, 3.8) is 0 Å². The highest BCUT2D eigenvalue weighted by atomic mass is 16.5. The quantitative estimate of drug-likeness (QED) is 0.727. The van der Waals surface area contributed by atoms with Crippen molar-refractivity contribution in [2.75, 3.05) is 40.8 Å². The molecular formula is C19H29N3O3. The van der Waals surface area contributed by atoms with Crippen LogP contribution < -0.4 is 10.1 Å². The Labute approximate surface area is 150 Å². The molecule has 0 radical (unpaired) electrons. The summed E-state index contributed by atoms with van der Waals surface area (Å²) in [4.78, 5) is 29.0. The summed E-state index contributed by atoms with van der Waals surface area (Å²) in [6.45, 7) is 4.05. The topological polar surface area (TPSA) is 61.9 Å². The van der Waals surface area contributed by atoms with Gasteiger partial charge < -0.3 is 19.9 Å². The Hall–Kier alpha value is -2.08. The van der Waals surface area contributed by atoms with Crippen LogP contribution in [0, 0.1) is 5.92 Å². The summed E-state index contributed by atoms with van der Waals surface area (Å²) in [6, 6.07) is 7.35. The number of hydrogen-bond acceptors (Lipinski definition) is 4. The van der Waals surface area contributed by atoms with E-state index in [9.17, 15) is 9.59 Å². The van der Waals surface area contributed by atoms with E-state index in [-0.39, 0.29) is 30.2 Å². The molecule has 1 N–H and O–H groups in total. The zero-order valence-electron chi connectivity index (χ0n) is 15.6. The summed E-state index contributed by atoms with van der Waals surface area (Å²) in [5.41, 5.74) is 0.895. The van der Waals surface area contributed by atoms with Crippen molar-refractivity contribution < 1.29 is 14.3 Å². The predicted octanol–water partition coefficient (Wildman–Crippen LogP) is 1.67. The number of benzene rings is 1. The number of nitrogens with one attached hydrogen (secondary N) is 1. The Kier molecular flexibility index (Phi) is 6.82. The average Bonchev–Trinajstić information content (AvgIpc) is 2.94. The minimum atomic E-state index is -0.386. The molecule has 1 heterocycles. The van der Waals surface area contributed by atoms with E-state index >= 15 is 0 Å². The molecule has 1 aliphatic heterocycles. The Bertz CT molecular complexity index is 603. The number of rotatable bonds is 8. The second kappa shape index (κ2) is 8.85. The van der Waals surface area contributed by atoms with Gasteiger partial charge in [-0.15, -0.1) is 0 Å². The molecule has 1 aliphatic rings. The van der Waals surface area contributed by atoms with Gasteiger partial charge in [0, 0.05) is 25.1 Å². The Morgan fingerprint density at radius 1 is 1.36 bits per heavy atom. The van der Waals surface area contributed by atoms with Gasteiger partial charge in [-0.1, -0.05) is 18.2 Å². The van der Waals surface area contributed by atoms with E-state index < -0.39 is 0 Å². The van der Waals surface area contributed by atoms with E-state index in [1.54, 1.807) is 12.0 Å². The molecule has 1 saturated heterocycles. The Morgan fingerprint density at radius 2 is 2.08 bits per heavy atom. The SMILES string of the molecule is CCN1C(=O)C[C@@H](C(=O)NCCCN(C)C)[C@@H]1c1ccccc1OC. The fourth-order valence-corrected chi connectivity index (χ4v) is 3.43.